The molecule has 1 unspecified atom stereocenters. The van der Waals surface area contributed by atoms with Gasteiger partial charge in [0.2, 0.25) is 5.91 Å². The Bertz CT molecular complexity index is 1100. The van der Waals surface area contributed by atoms with E-state index in [1.165, 1.54) is 0 Å². The third-order valence-electron chi connectivity index (χ3n) is 5.52. The summed E-state index contributed by atoms with van der Waals surface area (Å²) in [5.74, 6) is -0.0790. The van der Waals surface area contributed by atoms with E-state index < -0.39 is 0 Å². The van der Waals surface area contributed by atoms with Gasteiger partial charge in [0.25, 0.3) is 5.91 Å². The first-order valence-corrected chi connectivity index (χ1v) is 10.4. The van der Waals surface area contributed by atoms with Crippen molar-refractivity contribution in [3.8, 4) is 5.75 Å². The average molecular weight is 418 g/mol. The number of nitrogens with zero attached hydrogens (tertiary/aromatic N) is 2. The normalized spacial score (nSPS) is 16.7. The summed E-state index contributed by atoms with van der Waals surface area (Å²) in [5, 5.41) is 2.84. The van der Waals surface area contributed by atoms with Crippen LogP contribution in [0.25, 0.3) is 10.9 Å². The Labute approximate surface area is 181 Å². The molecule has 0 saturated carbocycles. The summed E-state index contributed by atoms with van der Waals surface area (Å²) >= 11 is 0. The van der Waals surface area contributed by atoms with Crippen LogP contribution in [0.15, 0.2) is 54.6 Å². The standard InChI is InChI=1S/C24H26N4O3/c1-16-13-19(21-6-2-3-7-22(21)26-16)15-31-20-10-8-17(9-11-20)24(30)27-28-12-4-5-18(14-28)23(25)29/h2-3,6-11,13,18H,4-5,12,14-15H2,1H3,(H2,25,29)(H,27,30). The van der Waals surface area contributed by atoms with E-state index in [1.807, 2.05) is 37.3 Å². The number of amides is 2. The fourth-order valence-corrected chi connectivity index (χ4v) is 3.90. The number of para-hydroxylation sites is 1. The summed E-state index contributed by atoms with van der Waals surface area (Å²) in [5.41, 5.74) is 11.8. The molecule has 2 aromatic carbocycles. The minimum atomic E-state index is -0.322. The van der Waals surface area contributed by atoms with Gasteiger partial charge in [0.15, 0.2) is 0 Å². The number of ether oxygens (including phenoxy) is 1. The molecule has 2 amide bonds. The molecule has 1 atom stereocenters. The topological polar surface area (TPSA) is 97.5 Å². The lowest BCUT2D eigenvalue weighted by Gasteiger charge is -2.31. The van der Waals surface area contributed by atoms with Crippen LogP contribution in [0.4, 0.5) is 0 Å². The zero-order chi connectivity index (χ0) is 21.8. The fraction of sp³-hybridized carbons (Fsp3) is 0.292. The number of piperidine rings is 1. The largest absolute Gasteiger partial charge is 0.489 e. The number of aryl methyl sites for hydroxylation is 1. The van der Waals surface area contributed by atoms with Crippen LogP contribution in [0, 0.1) is 12.8 Å². The number of carbonyl (C=O) groups excluding carboxylic acids is 2. The third-order valence-corrected chi connectivity index (χ3v) is 5.52. The number of hydrazine groups is 1. The summed E-state index contributed by atoms with van der Waals surface area (Å²) in [4.78, 5) is 28.5. The van der Waals surface area contributed by atoms with E-state index >= 15 is 0 Å². The zero-order valence-electron chi connectivity index (χ0n) is 17.5. The van der Waals surface area contributed by atoms with Gasteiger partial charge in [0, 0.05) is 35.3 Å². The van der Waals surface area contributed by atoms with Crippen molar-refractivity contribution in [3.05, 3.63) is 71.4 Å². The Morgan fingerprint density at radius 3 is 2.74 bits per heavy atom. The Kier molecular flexibility index (Phi) is 6.13. The lowest BCUT2D eigenvalue weighted by molar-refractivity contribution is -0.123. The van der Waals surface area contributed by atoms with E-state index in [2.05, 4.69) is 10.4 Å². The highest BCUT2D eigenvalue weighted by Gasteiger charge is 2.25. The van der Waals surface area contributed by atoms with Crippen molar-refractivity contribution in [2.75, 3.05) is 13.1 Å². The Morgan fingerprint density at radius 2 is 1.97 bits per heavy atom. The van der Waals surface area contributed by atoms with Gasteiger partial charge in [0.1, 0.15) is 12.4 Å². The number of aromatic nitrogens is 1. The summed E-state index contributed by atoms with van der Waals surface area (Å²) < 4.78 is 5.96. The lowest BCUT2D eigenvalue weighted by Crippen LogP contribution is -2.50. The molecule has 3 aromatic rings. The summed E-state index contributed by atoms with van der Waals surface area (Å²) in [6.07, 6.45) is 1.59. The van der Waals surface area contributed by atoms with Crippen molar-refractivity contribution < 1.29 is 14.3 Å². The molecule has 0 bridgehead atoms. The van der Waals surface area contributed by atoms with E-state index in [9.17, 15) is 9.59 Å². The van der Waals surface area contributed by atoms with Gasteiger partial charge >= 0.3 is 0 Å². The minimum Gasteiger partial charge on any atom is -0.489 e. The van der Waals surface area contributed by atoms with Crippen molar-refractivity contribution in [3.63, 3.8) is 0 Å². The van der Waals surface area contributed by atoms with Gasteiger partial charge in [-0.3, -0.25) is 20.0 Å². The van der Waals surface area contributed by atoms with E-state index in [4.69, 9.17) is 10.5 Å². The van der Waals surface area contributed by atoms with Crippen LogP contribution < -0.4 is 15.9 Å². The van der Waals surface area contributed by atoms with Crippen LogP contribution in [0.2, 0.25) is 0 Å². The van der Waals surface area contributed by atoms with Crippen LogP contribution >= 0.6 is 0 Å². The second-order valence-electron chi connectivity index (χ2n) is 7.88. The van der Waals surface area contributed by atoms with Crippen LogP contribution in [0.5, 0.6) is 5.75 Å². The highest BCUT2D eigenvalue weighted by Crippen LogP contribution is 2.21. The molecule has 3 N–H and O–H groups in total. The van der Waals surface area contributed by atoms with Gasteiger partial charge in [-0.2, -0.15) is 0 Å². The van der Waals surface area contributed by atoms with Gasteiger partial charge < -0.3 is 10.5 Å². The van der Waals surface area contributed by atoms with E-state index in [1.54, 1.807) is 29.3 Å². The maximum atomic E-state index is 12.5. The monoisotopic (exact) mass is 418 g/mol. The number of pyridine rings is 1. The number of fused-ring (bicyclic) bond motifs is 1. The molecule has 4 rings (SSSR count). The highest BCUT2D eigenvalue weighted by atomic mass is 16.5. The van der Waals surface area contributed by atoms with E-state index in [-0.39, 0.29) is 17.7 Å². The smallest absolute Gasteiger partial charge is 0.265 e. The average Bonchev–Trinajstić information content (AvgIpc) is 2.78. The van der Waals surface area contributed by atoms with E-state index in [0.29, 0.717) is 31.0 Å². The first-order chi connectivity index (χ1) is 15.0. The number of primary amides is 1. The molecule has 0 aliphatic carbocycles. The maximum Gasteiger partial charge on any atom is 0.265 e. The molecule has 1 aliphatic heterocycles. The molecule has 1 fully saturated rings. The van der Waals surface area contributed by atoms with Gasteiger partial charge in [0.05, 0.1) is 11.4 Å². The molecule has 7 nitrogen and oxygen atoms in total. The molecule has 0 radical (unpaired) electrons. The van der Waals surface area contributed by atoms with Crippen LogP contribution in [-0.4, -0.2) is 34.9 Å². The number of hydrogen-bond donors (Lipinski definition) is 2. The number of nitrogens with two attached hydrogens (primary N) is 1. The fourth-order valence-electron chi connectivity index (χ4n) is 3.90. The Balaban J connectivity index is 1.37. The van der Waals surface area contributed by atoms with Crippen LogP contribution in [0.1, 0.15) is 34.5 Å². The molecule has 1 aromatic heterocycles. The molecular formula is C24H26N4O3. The first kappa shape index (κ1) is 20.8. The van der Waals surface area contributed by atoms with Crippen molar-refractivity contribution in [1.29, 1.82) is 0 Å². The second-order valence-corrected chi connectivity index (χ2v) is 7.88. The number of hydrogen-bond acceptors (Lipinski definition) is 5. The van der Waals surface area contributed by atoms with Crippen molar-refractivity contribution in [1.82, 2.24) is 15.4 Å². The van der Waals surface area contributed by atoms with Crippen molar-refractivity contribution in [2.24, 2.45) is 11.7 Å². The first-order valence-electron chi connectivity index (χ1n) is 10.4. The molecule has 31 heavy (non-hydrogen) atoms. The highest BCUT2D eigenvalue weighted by molar-refractivity contribution is 5.94. The van der Waals surface area contributed by atoms with Gasteiger partial charge in [-0.1, -0.05) is 18.2 Å². The van der Waals surface area contributed by atoms with E-state index in [0.717, 1.165) is 35.0 Å². The number of benzene rings is 2. The molecule has 1 saturated heterocycles. The van der Waals surface area contributed by atoms with Crippen LogP contribution in [-0.2, 0) is 11.4 Å². The third kappa shape index (κ3) is 5.00. The quantitative estimate of drug-likeness (QED) is 0.641. The predicted octanol–water partition coefficient (Wildman–Crippen LogP) is 2.96. The summed E-state index contributed by atoms with van der Waals surface area (Å²) in [6, 6.07) is 17.1. The van der Waals surface area contributed by atoms with Crippen molar-refractivity contribution in [2.45, 2.75) is 26.4 Å². The van der Waals surface area contributed by atoms with Crippen molar-refractivity contribution >= 4 is 22.7 Å². The Hall–Kier alpha value is -3.45. The summed E-state index contributed by atoms with van der Waals surface area (Å²) in [7, 11) is 0. The number of rotatable bonds is 6. The summed E-state index contributed by atoms with van der Waals surface area (Å²) in [6.45, 7) is 3.53. The van der Waals surface area contributed by atoms with Gasteiger partial charge in [-0.25, -0.2) is 5.01 Å². The zero-order valence-corrected chi connectivity index (χ0v) is 17.5. The number of carbonyl (C=O) groups is 2. The number of nitrogens with one attached hydrogen (secondary N) is 1. The molecular weight excluding hydrogens is 392 g/mol. The molecule has 160 valence electrons. The SMILES string of the molecule is Cc1cc(COc2ccc(C(=O)NN3CCCC(C(N)=O)C3)cc2)c2ccccc2n1. The predicted molar refractivity (Wildman–Crippen MR) is 118 cm³/mol. The Morgan fingerprint density at radius 1 is 1.19 bits per heavy atom. The molecule has 0 spiro atoms. The minimum absolute atomic E-state index is 0.215. The van der Waals surface area contributed by atoms with Gasteiger partial charge in [-0.05, 0) is 56.2 Å². The maximum absolute atomic E-state index is 12.5. The molecule has 1 aliphatic rings. The lowest BCUT2D eigenvalue weighted by atomic mass is 9.99. The second kappa shape index (κ2) is 9.14. The molecule has 7 heteroatoms. The van der Waals surface area contributed by atoms with Crippen LogP contribution in [0.3, 0.4) is 0 Å². The van der Waals surface area contributed by atoms with Gasteiger partial charge in [-0.15, -0.1) is 0 Å². The molecule has 2 heterocycles.